The topological polar surface area (TPSA) is 89.8 Å². The Morgan fingerprint density at radius 3 is 1.46 bits per heavy atom. The molecule has 242 valence electrons. The van der Waals surface area contributed by atoms with Gasteiger partial charge in [-0.2, -0.15) is 0 Å². The number of allylic oxidation sites excluding steroid dienone is 4. The Hall–Kier alpha value is -1.17. The van der Waals surface area contributed by atoms with E-state index in [1.807, 2.05) is 0 Å². The number of nitrogens with one attached hydrogen (secondary N) is 1. The van der Waals surface area contributed by atoms with Crippen LogP contribution in [0.5, 0.6) is 0 Å². The minimum Gasteiger partial charge on any atom is -0.394 e. The molecule has 41 heavy (non-hydrogen) atoms. The van der Waals surface area contributed by atoms with Crippen molar-refractivity contribution in [2.75, 3.05) is 6.61 Å². The summed E-state index contributed by atoms with van der Waals surface area (Å²) in [7, 11) is 0. The predicted molar refractivity (Wildman–Crippen MR) is 176 cm³/mol. The summed E-state index contributed by atoms with van der Waals surface area (Å²) >= 11 is 0. The van der Waals surface area contributed by atoms with E-state index in [1.54, 1.807) is 0 Å². The van der Waals surface area contributed by atoms with Crippen LogP contribution >= 0.6 is 0 Å². The van der Waals surface area contributed by atoms with Gasteiger partial charge in [0, 0.05) is 0 Å². The second-order valence-corrected chi connectivity index (χ2v) is 12.1. The van der Waals surface area contributed by atoms with E-state index in [4.69, 9.17) is 0 Å². The molecule has 0 aliphatic carbocycles. The largest absolute Gasteiger partial charge is 0.394 e. The smallest absolute Gasteiger partial charge is 0.249 e. The van der Waals surface area contributed by atoms with Gasteiger partial charge in [0.05, 0.1) is 18.8 Å². The van der Waals surface area contributed by atoms with Gasteiger partial charge in [-0.1, -0.05) is 160 Å². The molecule has 3 atom stereocenters. The molecule has 0 saturated carbocycles. The molecule has 1 amide bonds. The van der Waals surface area contributed by atoms with E-state index < -0.39 is 24.2 Å². The van der Waals surface area contributed by atoms with E-state index in [2.05, 4.69) is 43.5 Å². The van der Waals surface area contributed by atoms with E-state index >= 15 is 0 Å². The Balaban J connectivity index is 3.68. The molecule has 0 spiro atoms. The van der Waals surface area contributed by atoms with Crippen LogP contribution in [0.15, 0.2) is 24.3 Å². The Morgan fingerprint density at radius 2 is 0.976 bits per heavy atom. The summed E-state index contributed by atoms with van der Waals surface area (Å²) in [6.45, 7) is 4.16. The number of hydrogen-bond donors (Lipinski definition) is 4. The first kappa shape index (κ1) is 39.8. The van der Waals surface area contributed by atoms with Gasteiger partial charge in [0.1, 0.15) is 6.10 Å². The highest BCUT2D eigenvalue weighted by molar-refractivity contribution is 5.80. The molecule has 4 N–H and O–H groups in total. The number of rotatable bonds is 31. The molecule has 0 bridgehead atoms. The lowest BCUT2D eigenvalue weighted by molar-refractivity contribution is -0.131. The fourth-order valence-electron chi connectivity index (χ4n) is 5.24. The van der Waals surface area contributed by atoms with Crippen LogP contribution in [-0.2, 0) is 4.79 Å². The first-order valence-corrected chi connectivity index (χ1v) is 17.7. The van der Waals surface area contributed by atoms with E-state index in [-0.39, 0.29) is 6.61 Å². The molecule has 0 saturated heterocycles. The van der Waals surface area contributed by atoms with Crippen LogP contribution in [0.25, 0.3) is 0 Å². The molecule has 0 radical (unpaired) electrons. The molecular weight excluding hydrogens is 510 g/mol. The molecule has 3 unspecified atom stereocenters. The Bertz CT molecular complexity index is 606. The second kappa shape index (κ2) is 31.8. The van der Waals surface area contributed by atoms with Crippen LogP contribution in [0.4, 0.5) is 0 Å². The average molecular weight is 580 g/mol. The highest BCUT2D eigenvalue weighted by Crippen LogP contribution is 2.14. The van der Waals surface area contributed by atoms with Crippen LogP contribution in [0.2, 0.25) is 0 Å². The van der Waals surface area contributed by atoms with Gasteiger partial charge in [-0.15, -0.1) is 0 Å². The highest BCUT2D eigenvalue weighted by atomic mass is 16.3. The summed E-state index contributed by atoms with van der Waals surface area (Å²) in [5, 5.41) is 33.0. The maximum atomic E-state index is 12.4. The minimum absolute atomic E-state index is 0.315. The average Bonchev–Trinajstić information content (AvgIpc) is 2.98. The maximum Gasteiger partial charge on any atom is 0.249 e. The third-order valence-electron chi connectivity index (χ3n) is 8.10. The number of aliphatic hydroxyl groups excluding tert-OH is 3. The van der Waals surface area contributed by atoms with Gasteiger partial charge < -0.3 is 20.6 Å². The molecule has 0 aromatic carbocycles. The van der Waals surface area contributed by atoms with E-state index in [0.29, 0.717) is 12.8 Å². The summed E-state index contributed by atoms with van der Waals surface area (Å²) in [4.78, 5) is 12.4. The maximum absolute atomic E-state index is 12.4. The summed E-state index contributed by atoms with van der Waals surface area (Å²) in [5.74, 6) is -0.479. The fourth-order valence-corrected chi connectivity index (χ4v) is 5.24. The zero-order valence-corrected chi connectivity index (χ0v) is 27.2. The third-order valence-corrected chi connectivity index (χ3v) is 8.10. The van der Waals surface area contributed by atoms with Crippen molar-refractivity contribution in [1.82, 2.24) is 5.32 Å². The van der Waals surface area contributed by atoms with Crippen molar-refractivity contribution in [3.63, 3.8) is 0 Å². The lowest BCUT2D eigenvalue weighted by atomic mass is 10.0. The van der Waals surface area contributed by atoms with Gasteiger partial charge in [0.15, 0.2) is 0 Å². The van der Waals surface area contributed by atoms with Crippen LogP contribution in [-0.4, -0.2) is 46.1 Å². The molecule has 0 aliphatic heterocycles. The van der Waals surface area contributed by atoms with Gasteiger partial charge >= 0.3 is 0 Å². The summed E-state index contributed by atoms with van der Waals surface area (Å²) in [5.41, 5.74) is 0. The van der Waals surface area contributed by atoms with Crippen molar-refractivity contribution >= 4 is 5.91 Å². The van der Waals surface area contributed by atoms with E-state index in [1.165, 1.54) is 116 Å². The summed E-state index contributed by atoms with van der Waals surface area (Å²) in [6, 6.07) is -0.709. The molecule has 0 fully saturated rings. The Labute approximate surface area is 254 Å². The standard InChI is InChI=1S/C36H69NO4/c1-3-5-7-9-11-13-14-15-16-17-18-19-20-21-23-25-27-29-31-35(40)36(41)37-33(32-38)34(39)30-28-26-24-22-12-10-8-6-4-2/h11,13-15,33-35,38-40H,3-10,12,16-32H2,1-2H3,(H,37,41)/b13-11-,15-14-. The van der Waals surface area contributed by atoms with Crippen molar-refractivity contribution in [3.8, 4) is 0 Å². The number of hydrogen-bond acceptors (Lipinski definition) is 4. The van der Waals surface area contributed by atoms with Crippen LogP contribution in [0, 0.1) is 0 Å². The SMILES string of the molecule is CCCCC/C=C\C=C/CCCCCCCCCCCC(O)C(=O)NC(CO)C(O)CCCCCCCCCCC. The van der Waals surface area contributed by atoms with Crippen LogP contribution in [0.3, 0.4) is 0 Å². The zero-order chi connectivity index (χ0) is 30.2. The van der Waals surface area contributed by atoms with Crippen molar-refractivity contribution in [3.05, 3.63) is 24.3 Å². The Morgan fingerprint density at radius 1 is 0.585 bits per heavy atom. The van der Waals surface area contributed by atoms with E-state index in [9.17, 15) is 20.1 Å². The number of unbranched alkanes of at least 4 members (excludes halogenated alkanes) is 20. The zero-order valence-electron chi connectivity index (χ0n) is 27.2. The quantitative estimate of drug-likeness (QED) is 0.0487. The second-order valence-electron chi connectivity index (χ2n) is 12.1. The molecule has 0 heterocycles. The van der Waals surface area contributed by atoms with Gasteiger partial charge in [-0.3, -0.25) is 4.79 Å². The van der Waals surface area contributed by atoms with Gasteiger partial charge in [-0.25, -0.2) is 0 Å². The highest BCUT2D eigenvalue weighted by Gasteiger charge is 2.23. The van der Waals surface area contributed by atoms with Crippen molar-refractivity contribution < 1.29 is 20.1 Å². The molecule has 0 rings (SSSR count). The fraction of sp³-hybridized carbons (Fsp3) is 0.861. The molecule has 0 aromatic rings. The number of carbonyl (C=O) groups excluding carboxylic acids is 1. The number of aliphatic hydroxyl groups is 3. The minimum atomic E-state index is -1.07. The summed E-state index contributed by atoms with van der Waals surface area (Å²) in [6.07, 6.45) is 35.9. The van der Waals surface area contributed by atoms with Crippen LogP contribution in [0.1, 0.15) is 174 Å². The lowest BCUT2D eigenvalue weighted by Crippen LogP contribution is -2.49. The first-order valence-electron chi connectivity index (χ1n) is 17.7. The van der Waals surface area contributed by atoms with Gasteiger partial charge in [0.2, 0.25) is 5.91 Å². The molecule has 5 heteroatoms. The van der Waals surface area contributed by atoms with Crippen LogP contribution < -0.4 is 5.32 Å². The van der Waals surface area contributed by atoms with Crippen molar-refractivity contribution in [2.45, 2.75) is 193 Å². The molecule has 0 aromatic heterocycles. The lowest BCUT2D eigenvalue weighted by Gasteiger charge is -2.23. The monoisotopic (exact) mass is 580 g/mol. The molecular formula is C36H69NO4. The normalized spacial score (nSPS) is 14.2. The predicted octanol–water partition coefficient (Wildman–Crippen LogP) is 9.09. The number of carbonyl (C=O) groups is 1. The van der Waals surface area contributed by atoms with Gasteiger partial charge in [-0.05, 0) is 38.5 Å². The Kier molecular flexibility index (Phi) is 30.9. The molecule has 5 nitrogen and oxygen atoms in total. The number of amides is 1. The summed E-state index contributed by atoms with van der Waals surface area (Å²) < 4.78 is 0. The molecule has 0 aliphatic rings. The van der Waals surface area contributed by atoms with Crippen molar-refractivity contribution in [1.29, 1.82) is 0 Å². The van der Waals surface area contributed by atoms with Gasteiger partial charge in [0.25, 0.3) is 0 Å². The van der Waals surface area contributed by atoms with E-state index in [0.717, 1.165) is 32.1 Å². The van der Waals surface area contributed by atoms with Crippen molar-refractivity contribution in [2.24, 2.45) is 0 Å². The first-order chi connectivity index (χ1) is 20.1. The third kappa shape index (κ3) is 27.4.